The van der Waals surface area contributed by atoms with Crippen molar-refractivity contribution in [3.8, 4) is 5.75 Å². The number of hydrogen-bond donors (Lipinski definition) is 1. The number of nitrogens with one attached hydrogen (secondary N) is 1. The summed E-state index contributed by atoms with van der Waals surface area (Å²) in [5.41, 5.74) is 3.21. The maximum atomic E-state index is 12.6. The van der Waals surface area contributed by atoms with Crippen molar-refractivity contribution in [2.45, 2.75) is 31.9 Å². The van der Waals surface area contributed by atoms with Crippen LogP contribution in [-0.2, 0) is 16.0 Å². The van der Waals surface area contributed by atoms with Gasteiger partial charge < -0.3 is 15.0 Å². The zero-order chi connectivity index (χ0) is 18.8. The molecule has 5 nitrogen and oxygen atoms in total. The molecule has 2 atom stereocenters. The van der Waals surface area contributed by atoms with Crippen LogP contribution in [0.4, 0.5) is 0 Å². The lowest BCUT2D eigenvalue weighted by Crippen LogP contribution is -2.38. The molecule has 27 heavy (non-hydrogen) atoms. The average Bonchev–Trinajstić information content (AvgIpc) is 3.09. The first kappa shape index (κ1) is 17.3. The Kier molecular flexibility index (Phi) is 4.67. The first-order valence-electron chi connectivity index (χ1n) is 9.19. The zero-order valence-electron chi connectivity index (χ0n) is 15.2. The molecule has 0 bridgehead atoms. The quantitative estimate of drug-likeness (QED) is 0.909. The second-order valence-electron chi connectivity index (χ2n) is 6.95. The minimum atomic E-state index is -0.287. The van der Waals surface area contributed by atoms with Crippen molar-refractivity contribution in [1.82, 2.24) is 10.2 Å². The van der Waals surface area contributed by atoms with E-state index < -0.39 is 0 Å². The topological polar surface area (TPSA) is 58.6 Å². The van der Waals surface area contributed by atoms with Crippen molar-refractivity contribution in [3.63, 3.8) is 0 Å². The molecule has 2 aliphatic rings. The summed E-state index contributed by atoms with van der Waals surface area (Å²) in [6, 6.07) is 15.5. The van der Waals surface area contributed by atoms with Gasteiger partial charge in [-0.1, -0.05) is 42.5 Å². The highest BCUT2D eigenvalue weighted by Crippen LogP contribution is 2.33. The standard InChI is InChI=1S/C22H22N2O3/c1-15(25)24-11-10-16-6-2-4-8-19(16)20(24)13-22(26)23-14-18-12-17-7-3-5-9-21(17)27-18/h2-11,18,20H,12-14H2,1H3,(H,23,26)/t18-,20-/m0/s1. The third kappa shape index (κ3) is 3.58. The minimum Gasteiger partial charge on any atom is -0.488 e. The second-order valence-corrected chi connectivity index (χ2v) is 6.95. The number of amides is 2. The molecule has 0 unspecified atom stereocenters. The van der Waals surface area contributed by atoms with Crippen LogP contribution >= 0.6 is 0 Å². The van der Waals surface area contributed by atoms with E-state index in [1.54, 1.807) is 11.1 Å². The van der Waals surface area contributed by atoms with Gasteiger partial charge in [-0.3, -0.25) is 9.59 Å². The van der Waals surface area contributed by atoms with Crippen molar-refractivity contribution in [3.05, 3.63) is 71.4 Å². The molecule has 2 aliphatic heterocycles. The van der Waals surface area contributed by atoms with E-state index in [1.165, 1.54) is 12.5 Å². The Balaban J connectivity index is 1.40. The maximum absolute atomic E-state index is 12.6. The minimum absolute atomic E-state index is 0.0474. The van der Waals surface area contributed by atoms with E-state index in [4.69, 9.17) is 4.74 Å². The van der Waals surface area contributed by atoms with E-state index in [0.29, 0.717) is 6.54 Å². The van der Waals surface area contributed by atoms with Crippen LogP contribution in [0.3, 0.4) is 0 Å². The smallest absolute Gasteiger partial charge is 0.223 e. The number of ether oxygens (including phenoxy) is 1. The van der Waals surface area contributed by atoms with Gasteiger partial charge in [0, 0.05) is 19.5 Å². The molecule has 0 aromatic heterocycles. The number of benzene rings is 2. The Bertz CT molecular complexity index is 881. The summed E-state index contributed by atoms with van der Waals surface area (Å²) in [6.45, 7) is 1.98. The molecule has 2 heterocycles. The van der Waals surface area contributed by atoms with E-state index >= 15 is 0 Å². The molecule has 4 rings (SSSR count). The third-order valence-corrected chi connectivity index (χ3v) is 5.09. The molecule has 5 heteroatoms. The van der Waals surface area contributed by atoms with Gasteiger partial charge in [-0.15, -0.1) is 0 Å². The summed E-state index contributed by atoms with van der Waals surface area (Å²) in [5.74, 6) is 0.731. The van der Waals surface area contributed by atoms with Gasteiger partial charge in [0.05, 0.1) is 19.0 Å². The van der Waals surface area contributed by atoms with Crippen LogP contribution in [0.1, 0.15) is 36.1 Å². The highest BCUT2D eigenvalue weighted by Gasteiger charge is 2.29. The van der Waals surface area contributed by atoms with Crippen LogP contribution < -0.4 is 10.1 Å². The van der Waals surface area contributed by atoms with Crippen molar-refractivity contribution < 1.29 is 14.3 Å². The molecular weight excluding hydrogens is 340 g/mol. The lowest BCUT2D eigenvalue weighted by atomic mass is 9.93. The van der Waals surface area contributed by atoms with Gasteiger partial charge in [-0.25, -0.2) is 0 Å². The Labute approximate surface area is 158 Å². The molecule has 0 spiro atoms. The number of nitrogens with zero attached hydrogens (tertiary/aromatic N) is 1. The van der Waals surface area contributed by atoms with Crippen LogP contribution in [0, 0.1) is 0 Å². The van der Waals surface area contributed by atoms with Gasteiger partial charge in [0.15, 0.2) is 0 Å². The Hall–Kier alpha value is -3.08. The van der Waals surface area contributed by atoms with Gasteiger partial charge in [0.25, 0.3) is 0 Å². The lowest BCUT2D eigenvalue weighted by molar-refractivity contribution is -0.130. The van der Waals surface area contributed by atoms with E-state index in [-0.39, 0.29) is 30.4 Å². The van der Waals surface area contributed by atoms with E-state index in [0.717, 1.165) is 23.3 Å². The van der Waals surface area contributed by atoms with Crippen molar-refractivity contribution in [1.29, 1.82) is 0 Å². The molecule has 0 fully saturated rings. The molecule has 2 aromatic carbocycles. The van der Waals surface area contributed by atoms with Crippen LogP contribution in [0.2, 0.25) is 0 Å². The average molecular weight is 362 g/mol. The molecule has 1 N–H and O–H groups in total. The normalized spacial score (nSPS) is 19.8. The summed E-state index contributed by atoms with van der Waals surface area (Å²) in [4.78, 5) is 26.2. The largest absolute Gasteiger partial charge is 0.488 e. The van der Waals surface area contributed by atoms with Crippen LogP contribution in [-0.4, -0.2) is 29.4 Å². The van der Waals surface area contributed by atoms with Crippen molar-refractivity contribution in [2.24, 2.45) is 0 Å². The summed E-state index contributed by atoms with van der Waals surface area (Å²) in [5, 5.41) is 2.97. The van der Waals surface area contributed by atoms with Crippen molar-refractivity contribution >= 4 is 17.9 Å². The van der Waals surface area contributed by atoms with Crippen LogP contribution in [0.25, 0.3) is 6.08 Å². The summed E-state index contributed by atoms with van der Waals surface area (Å²) in [6.07, 6.45) is 4.65. The van der Waals surface area contributed by atoms with Gasteiger partial charge >= 0.3 is 0 Å². The fraction of sp³-hybridized carbons (Fsp3) is 0.273. The van der Waals surface area contributed by atoms with Crippen molar-refractivity contribution in [2.75, 3.05) is 6.54 Å². The Morgan fingerprint density at radius 1 is 1.15 bits per heavy atom. The second kappa shape index (κ2) is 7.27. The SMILES string of the molecule is CC(=O)N1C=Cc2ccccc2[C@@H]1CC(=O)NC[C@@H]1Cc2ccccc2O1. The highest BCUT2D eigenvalue weighted by atomic mass is 16.5. The zero-order valence-corrected chi connectivity index (χ0v) is 15.2. The molecule has 0 saturated carbocycles. The lowest BCUT2D eigenvalue weighted by Gasteiger charge is -2.32. The number of carbonyl (C=O) groups is 2. The van der Waals surface area contributed by atoms with E-state index in [2.05, 4.69) is 5.32 Å². The number of fused-ring (bicyclic) bond motifs is 2. The monoisotopic (exact) mass is 362 g/mol. The fourth-order valence-corrected chi connectivity index (χ4v) is 3.76. The Morgan fingerprint density at radius 3 is 2.74 bits per heavy atom. The van der Waals surface area contributed by atoms with E-state index in [1.807, 2.05) is 54.6 Å². The first-order valence-corrected chi connectivity index (χ1v) is 9.19. The van der Waals surface area contributed by atoms with Crippen LogP contribution in [0.15, 0.2) is 54.7 Å². The predicted octanol–water partition coefficient (Wildman–Crippen LogP) is 3.07. The maximum Gasteiger partial charge on any atom is 0.223 e. The number of hydrogen-bond acceptors (Lipinski definition) is 3. The highest BCUT2D eigenvalue weighted by molar-refractivity contribution is 5.81. The van der Waals surface area contributed by atoms with Gasteiger partial charge in [0.1, 0.15) is 11.9 Å². The number of carbonyl (C=O) groups excluding carboxylic acids is 2. The summed E-state index contributed by atoms with van der Waals surface area (Å²) < 4.78 is 5.87. The molecular formula is C22H22N2O3. The number of rotatable bonds is 4. The van der Waals surface area contributed by atoms with Gasteiger partial charge in [0.2, 0.25) is 11.8 Å². The van der Waals surface area contributed by atoms with E-state index in [9.17, 15) is 9.59 Å². The molecule has 0 radical (unpaired) electrons. The Morgan fingerprint density at radius 2 is 1.93 bits per heavy atom. The summed E-state index contributed by atoms with van der Waals surface area (Å²) in [7, 11) is 0. The molecule has 2 aromatic rings. The van der Waals surface area contributed by atoms with Crippen LogP contribution in [0.5, 0.6) is 5.75 Å². The molecule has 0 saturated heterocycles. The number of para-hydroxylation sites is 1. The fourth-order valence-electron chi connectivity index (χ4n) is 3.76. The molecule has 138 valence electrons. The molecule has 0 aliphatic carbocycles. The van der Waals surface area contributed by atoms with Gasteiger partial charge in [-0.2, -0.15) is 0 Å². The first-order chi connectivity index (χ1) is 13.1. The summed E-state index contributed by atoms with van der Waals surface area (Å²) >= 11 is 0. The molecule has 2 amide bonds. The predicted molar refractivity (Wildman–Crippen MR) is 103 cm³/mol. The third-order valence-electron chi connectivity index (χ3n) is 5.09. The van der Waals surface area contributed by atoms with Gasteiger partial charge in [-0.05, 0) is 28.8 Å².